The molecule has 1 unspecified atom stereocenters. The normalized spacial score (nSPS) is 15.1. The summed E-state index contributed by atoms with van der Waals surface area (Å²) in [6.45, 7) is 5.65. The number of carbonyl (C=O) groups is 2. The van der Waals surface area contributed by atoms with Gasteiger partial charge in [0.25, 0.3) is 5.91 Å². The van der Waals surface area contributed by atoms with Gasteiger partial charge >= 0.3 is 0 Å². The first kappa shape index (κ1) is 23.8. The molecule has 1 N–H and O–H groups in total. The van der Waals surface area contributed by atoms with E-state index in [2.05, 4.69) is 5.32 Å². The predicted octanol–water partition coefficient (Wildman–Crippen LogP) is 4.69. The molecule has 0 aromatic heterocycles. The van der Waals surface area contributed by atoms with Gasteiger partial charge in [0.1, 0.15) is 17.6 Å². The zero-order valence-corrected chi connectivity index (χ0v) is 19.2. The van der Waals surface area contributed by atoms with Crippen LogP contribution in [0.5, 0.6) is 5.75 Å². The first-order chi connectivity index (χ1) is 15.3. The molecule has 0 spiro atoms. The third-order valence-electron chi connectivity index (χ3n) is 6.08. The van der Waals surface area contributed by atoms with Crippen LogP contribution in [0.25, 0.3) is 0 Å². The molecule has 0 radical (unpaired) electrons. The van der Waals surface area contributed by atoms with Crippen LogP contribution in [0.4, 0.5) is 4.39 Å². The second kappa shape index (κ2) is 11.1. The van der Waals surface area contributed by atoms with Crippen LogP contribution in [-0.2, 0) is 16.1 Å². The van der Waals surface area contributed by atoms with Crippen molar-refractivity contribution in [2.75, 3.05) is 6.61 Å². The van der Waals surface area contributed by atoms with Gasteiger partial charge < -0.3 is 15.0 Å². The van der Waals surface area contributed by atoms with Crippen LogP contribution in [0.15, 0.2) is 42.5 Å². The summed E-state index contributed by atoms with van der Waals surface area (Å²) in [5.41, 5.74) is 2.74. The Labute approximate surface area is 190 Å². The fourth-order valence-electron chi connectivity index (χ4n) is 4.02. The zero-order valence-electron chi connectivity index (χ0n) is 19.2. The Morgan fingerprint density at radius 1 is 1.09 bits per heavy atom. The molecule has 0 bridgehead atoms. The Kier molecular flexibility index (Phi) is 8.26. The minimum absolute atomic E-state index is 0.160. The second-order valence-corrected chi connectivity index (χ2v) is 8.73. The molecule has 0 saturated heterocycles. The number of aryl methyl sites for hydroxylation is 2. The van der Waals surface area contributed by atoms with Gasteiger partial charge in [-0.2, -0.15) is 0 Å². The Hall–Kier alpha value is -2.89. The van der Waals surface area contributed by atoms with Gasteiger partial charge in [0.2, 0.25) is 5.91 Å². The van der Waals surface area contributed by atoms with E-state index in [1.807, 2.05) is 32.0 Å². The van der Waals surface area contributed by atoms with E-state index in [9.17, 15) is 14.0 Å². The van der Waals surface area contributed by atoms with Gasteiger partial charge in [-0.05, 0) is 68.5 Å². The highest BCUT2D eigenvalue weighted by atomic mass is 19.1. The van der Waals surface area contributed by atoms with Crippen molar-refractivity contribution in [2.24, 2.45) is 0 Å². The SMILES string of the molecule is Cc1ccc(C)c(OCC(=O)N(Cc2ccc(F)cc2)C(C)C(=O)NC2CCCCC2)c1. The summed E-state index contributed by atoms with van der Waals surface area (Å²) in [6, 6.07) is 11.3. The lowest BCUT2D eigenvalue weighted by Crippen LogP contribution is -2.51. The molecule has 0 heterocycles. The molecule has 6 heteroatoms. The summed E-state index contributed by atoms with van der Waals surface area (Å²) in [6.07, 6.45) is 5.37. The van der Waals surface area contributed by atoms with Crippen LogP contribution in [-0.4, -0.2) is 35.4 Å². The summed E-state index contributed by atoms with van der Waals surface area (Å²) in [7, 11) is 0. The van der Waals surface area contributed by atoms with Gasteiger partial charge in [-0.1, -0.05) is 43.5 Å². The van der Waals surface area contributed by atoms with E-state index in [1.54, 1.807) is 19.1 Å². The first-order valence-corrected chi connectivity index (χ1v) is 11.4. The summed E-state index contributed by atoms with van der Waals surface area (Å²) < 4.78 is 19.2. The fourth-order valence-corrected chi connectivity index (χ4v) is 4.02. The molecule has 32 heavy (non-hydrogen) atoms. The van der Waals surface area contributed by atoms with Crippen molar-refractivity contribution in [3.63, 3.8) is 0 Å². The van der Waals surface area contributed by atoms with Crippen molar-refractivity contribution in [3.05, 3.63) is 65.0 Å². The van der Waals surface area contributed by atoms with E-state index in [4.69, 9.17) is 4.74 Å². The molecule has 1 saturated carbocycles. The number of halogens is 1. The van der Waals surface area contributed by atoms with Gasteiger partial charge in [-0.3, -0.25) is 9.59 Å². The molecule has 2 amide bonds. The maximum atomic E-state index is 13.3. The molecule has 1 aliphatic rings. The summed E-state index contributed by atoms with van der Waals surface area (Å²) in [5.74, 6) is -0.145. The summed E-state index contributed by atoms with van der Waals surface area (Å²) in [4.78, 5) is 27.6. The quantitative estimate of drug-likeness (QED) is 0.648. The molecule has 1 atom stereocenters. The van der Waals surface area contributed by atoms with Gasteiger partial charge in [0.15, 0.2) is 6.61 Å². The van der Waals surface area contributed by atoms with Crippen LogP contribution >= 0.6 is 0 Å². The minimum atomic E-state index is -0.670. The molecular weight excluding hydrogens is 407 g/mol. The molecular formula is C26H33FN2O3. The molecule has 0 aliphatic heterocycles. The van der Waals surface area contributed by atoms with E-state index in [1.165, 1.54) is 23.5 Å². The van der Waals surface area contributed by atoms with E-state index >= 15 is 0 Å². The maximum Gasteiger partial charge on any atom is 0.261 e. The highest BCUT2D eigenvalue weighted by Gasteiger charge is 2.28. The first-order valence-electron chi connectivity index (χ1n) is 11.4. The number of carbonyl (C=O) groups excluding carboxylic acids is 2. The molecule has 2 aromatic rings. The van der Waals surface area contributed by atoms with E-state index in [0.29, 0.717) is 5.75 Å². The number of ether oxygens (including phenoxy) is 1. The Balaban J connectivity index is 1.72. The van der Waals surface area contributed by atoms with Crippen molar-refractivity contribution in [1.29, 1.82) is 0 Å². The molecule has 1 fully saturated rings. The number of amides is 2. The van der Waals surface area contributed by atoms with Crippen LogP contribution < -0.4 is 10.1 Å². The van der Waals surface area contributed by atoms with Gasteiger partial charge in [0.05, 0.1) is 0 Å². The topological polar surface area (TPSA) is 58.6 Å². The van der Waals surface area contributed by atoms with E-state index < -0.39 is 6.04 Å². The van der Waals surface area contributed by atoms with Gasteiger partial charge in [-0.25, -0.2) is 4.39 Å². The van der Waals surface area contributed by atoms with Crippen molar-refractivity contribution < 1.29 is 18.7 Å². The van der Waals surface area contributed by atoms with Crippen molar-refractivity contribution in [2.45, 2.75) is 71.5 Å². The Bertz CT molecular complexity index is 923. The predicted molar refractivity (Wildman–Crippen MR) is 123 cm³/mol. The highest BCUT2D eigenvalue weighted by molar-refractivity contribution is 5.88. The number of hydrogen-bond donors (Lipinski definition) is 1. The number of rotatable bonds is 8. The average molecular weight is 441 g/mol. The van der Waals surface area contributed by atoms with Crippen molar-refractivity contribution in [3.8, 4) is 5.75 Å². The highest BCUT2D eigenvalue weighted by Crippen LogP contribution is 2.20. The lowest BCUT2D eigenvalue weighted by atomic mass is 9.95. The molecule has 1 aliphatic carbocycles. The van der Waals surface area contributed by atoms with E-state index in [-0.39, 0.29) is 36.8 Å². The van der Waals surface area contributed by atoms with Gasteiger partial charge in [0, 0.05) is 12.6 Å². The van der Waals surface area contributed by atoms with Crippen LogP contribution in [0.3, 0.4) is 0 Å². The average Bonchev–Trinajstić information content (AvgIpc) is 2.79. The smallest absolute Gasteiger partial charge is 0.261 e. The maximum absolute atomic E-state index is 13.3. The van der Waals surface area contributed by atoms with Crippen LogP contribution in [0, 0.1) is 19.7 Å². The van der Waals surface area contributed by atoms with Crippen LogP contribution in [0.2, 0.25) is 0 Å². The lowest BCUT2D eigenvalue weighted by Gasteiger charge is -2.31. The minimum Gasteiger partial charge on any atom is -0.483 e. The van der Waals surface area contributed by atoms with Crippen LogP contribution in [0.1, 0.15) is 55.7 Å². The Morgan fingerprint density at radius 3 is 2.47 bits per heavy atom. The third-order valence-corrected chi connectivity index (χ3v) is 6.08. The number of nitrogens with zero attached hydrogens (tertiary/aromatic N) is 1. The monoisotopic (exact) mass is 440 g/mol. The largest absolute Gasteiger partial charge is 0.483 e. The molecule has 2 aromatic carbocycles. The van der Waals surface area contributed by atoms with Crippen molar-refractivity contribution in [1.82, 2.24) is 10.2 Å². The van der Waals surface area contributed by atoms with Gasteiger partial charge in [-0.15, -0.1) is 0 Å². The molecule has 5 nitrogen and oxygen atoms in total. The second-order valence-electron chi connectivity index (χ2n) is 8.73. The third kappa shape index (κ3) is 6.55. The number of hydrogen-bond acceptors (Lipinski definition) is 3. The standard InChI is InChI=1S/C26H33FN2O3/c1-18-9-10-19(2)24(15-18)32-17-25(30)29(16-21-11-13-22(27)14-12-21)20(3)26(31)28-23-7-5-4-6-8-23/h9-15,20,23H,4-8,16-17H2,1-3H3,(H,28,31). The number of nitrogens with one attached hydrogen (secondary N) is 1. The van der Waals surface area contributed by atoms with Crippen molar-refractivity contribution >= 4 is 11.8 Å². The molecule has 3 rings (SSSR count). The zero-order chi connectivity index (χ0) is 23.1. The lowest BCUT2D eigenvalue weighted by molar-refractivity contribution is -0.142. The van der Waals surface area contributed by atoms with E-state index in [0.717, 1.165) is 42.4 Å². The summed E-state index contributed by atoms with van der Waals surface area (Å²) >= 11 is 0. The number of benzene rings is 2. The summed E-state index contributed by atoms with van der Waals surface area (Å²) in [5, 5.41) is 3.11. The molecule has 172 valence electrons. The Morgan fingerprint density at radius 2 is 1.78 bits per heavy atom. The fraction of sp³-hybridized carbons (Fsp3) is 0.462.